The van der Waals surface area contributed by atoms with Crippen molar-refractivity contribution in [3.63, 3.8) is 0 Å². The molecule has 0 aliphatic carbocycles. The van der Waals surface area contributed by atoms with E-state index < -0.39 is 15.8 Å². The summed E-state index contributed by atoms with van der Waals surface area (Å²) in [6.45, 7) is 6.48. The van der Waals surface area contributed by atoms with Crippen LogP contribution in [-0.4, -0.2) is 53.6 Å². The summed E-state index contributed by atoms with van der Waals surface area (Å²) in [4.78, 5) is 14.5. The third kappa shape index (κ3) is 4.16. The molecule has 0 spiro atoms. The average molecular weight is 354 g/mol. The summed E-state index contributed by atoms with van der Waals surface area (Å²) in [5.74, 6) is -0.481. The predicted molar refractivity (Wildman–Crippen MR) is 91.0 cm³/mol. The van der Waals surface area contributed by atoms with Gasteiger partial charge in [-0.15, -0.1) is 0 Å². The maximum absolute atomic E-state index is 12.1. The molecule has 0 saturated carbocycles. The third-order valence-corrected chi connectivity index (χ3v) is 6.57. The third-order valence-electron chi connectivity index (χ3n) is 4.80. The van der Waals surface area contributed by atoms with Gasteiger partial charge in [0.1, 0.15) is 0 Å². The summed E-state index contributed by atoms with van der Waals surface area (Å²) >= 11 is 0. The highest BCUT2D eigenvalue weighted by Crippen LogP contribution is 2.19. The van der Waals surface area contributed by atoms with E-state index in [1.54, 1.807) is 0 Å². The lowest BCUT2D eigenvalue weighted by Crippen LogP contribution is -2.34. The first-order valence-electron chi connectivity index (χ1n) is 8.73. The zero-order valence-electron chi connectivity index (χ0n) is 14.2. The number of aromatic nitrogens is 2. The number of unbranched alkanes of at least 4 members (excludes halogenated alkanes) is 1. The second kappa shape index (κ2) is 7.23. The van der Waals surface area contributed by atoms with Crippen molar-refractivity contribution in [2.24, 2.45) is 5.92 Å². The van der Waals surface area contributed by atoms with E-state index in [0.29, 0.717) is 13.0 Å². The molecule has 0 radical (unpaired) electrons. The largest absolute Gasteiger partial charge is 0.350 e. The zero-order chi connectivity index (χ0) is 17.2. The standard InChI is InChI=1S/C16H26N4O3S/c1-2-3-5-19-6-7-20-15(11-19)9-14(18-20)10-17-16(21)13-4-8-24(22,23)12-13/h9,13H,2-8,10-12H2,1H3,(H,17,21)/t13-/m0/s1. The molecule has 0 aromatic carbocycles. The minimum Gasteiger partial charge on any atom is -0.350 e. The van der Waals surface area contributed by atoms with Crippen molar-refractivity contribution in [2.75, 3.05) is 24.6 Å². The minimum atomic E-state index is -3.03. The molecule has 7 nitrogen and oxygen atoms in total. The molecule has 3 rings (SSSR count). The van der Waals surface area contributed by atoms with Crippen molar-refractivity contribution in [1.29, 1.82) is 0 Å². The van der Waals surface area contributed by atoms with E-state index in [1.165, 1.54) is 18.5 Å². The summed E-state index contributed by atoms with van der Waals surface area (Å²) in [6.07, 6.45) is 2.84. The van der Waals surface area contributed by atoms with Gasteiger partial charge in [0.2, 0.25) is 5.91 Å². The van der Waals surface area contributed by atoms with Gasteiger partial charge in [0, 0.05) is 13.1 Å². The topological polar surface area (TPSA) is 84.3 Å². The average Bonchev–Trinajstić information content (AvgIpc) is 3.12. The zero-order valence-corrected chi connectivity index (χ0v) is 15.0. The van der Waals surface area contributed by atoms with Crippen LogP contribution in [0, 0.1) is 5.92 Å². The van der Waals surface area contributed by atoms with E-state index in [9.17, 15) is 13.2 Å². The Morgan fingerprint density at radius 2 is 2.25 bits per heavy atom. The van der Waals surface area contributed by atoms with E-state index in [1.807, 2.05) is 10.7 Å². The number of fused-ring (bicyclic) bond motifs is 1. The first kappa shape index (κ1) is 17.4. The Bertz CT molecular complexity index is 698. The number of amides is 1. The van der Waals surface area contributed by atoms with Gasteiger partial charge in [0.25, 0.3) is 0 Å². The molecule has 1 aromatic heterocycles. The molecule has 1 amide bonds. The number of carbonyl (C=O) groups is 1. The first-order valence-corrected chi connectivity index (χ1v) is 10.5. The second-order valence-electron chi connectivity index (χ2n) is 6.80. The molecule has 1 fully saturated rings. The molecule has 2 aliphatic heterocycles. The highest BCUT2D eigenvalue weighted by molar-refractivity contribution is 7.91. The molecular formula is C16H26N4O3S. The van der Waals surface area contributed by atoms with E-state index in [0.717, 1.165) is 31.9 Å². The van der Waals surface area contributed by atoms with Crippen LogP contribution < -0.4 is 5.32 Å². The maximum atomic E-state index is 12.1. The Labute approximate surface area is 143 Å². The molecule has 1 N–H and O–H groups in total. The predicted octanol–water partition coefficient (Wildman–Crippen LogP) is 0.550. The van der Waals surface area contributed by atoms with Crippen molar-refractivity contribution in [2.45, 2.75) is 45.8 Å². The maximum Gasteiger partial charge on any atom is 0.224 e. The lowest BCUT2D eigenvalue weighted by atomic mass is 10.1. The van der Waals surface area contributed by atoms with Crippen molar-refractivity contribution >= 4 is 15.7 Å². The molecule has 1 saturated heterocycles. The second-order valence-corrected chi connectivity index (χ2v) is 9.03. The molecule has 24 heavy (non-hydrogen) atoms. The number of sulfone groups is 1. The van der Waals surface area contributed by atoms with Gasteiger partial charge in [-0.05, 0) is 25.5 Å². The summed E-state index contributed by atoms with van der Waals surface area (Å²) in [5.41, 5.74) is 2.03. The first-order chi connectivity index (χ1) is 11.5. The Morgan fingerprint density at radius 3 is 2.96 bits per heavy atom. The minimum absolute atomic E-state index is 0.0229. The Hall–Kier alpha value is -1.41. The van der Waals surface area contributed by atoms with Gasteiger partial charge >= 0.3 is 0 Å². The molecule has 3 heterocycles. The smallest absolute Gasteiger partial charge is 0.224 e. The Kier molecular flexibility index (Phi) is 5.24. The van der Waals surface area contributed by atoms with Gasteiger partial charge in [-0.1, -0.05) is 13.3 Å². The van der Waals surface area contributed by atoms with Crippen molar-refractivity contribution in [3.05, 3.63) is 17.5 Å². The molecule has 0 unspecified atom stereocenters. The number of nitrogens with one attached hydrogen (secondary N) is 1. The number of rotatable bonds is 6. The number of hydrogen-bond acceptors (Lipinski definition) is 5. The van der Waals surface area contributed by atoms with Crippen LogP contribution in [0.1, 0.15) is 37.6 Å². The molecule has 2 aliphatic rings. The summed E-state index contributed by atoms with van der Waals surface area (Å²) < 4.78 is 24.9. The fraction of sp³-hybridized carbons (Fsp3) is 0.750. The molecule has 1 aromatic rings. The lowest BCUT2D eigenvalue weighted by Gasteiger charge is -2.27. The van der Waals surface area contributed by atoms with Gasteiger partial charge < -0.3 is 5.32 Å². The normalized spacial score (nSPS) is 23.1. The molecule has 0 bridgehead atoms. The lowest BCUT2D eigenvalue weighted by molar-refractivity contribution is -0.124. The quantitative estimate of drug-likeness (QED) is 0.806. The Morgan fingerprint density at radius 1 is 1.42 bits per heavy atom. The fourth-order valence-corrected chi connectivity index (χ4v) is 5.10. The van der Waals surface area contributed by atoms with Gasteiger partial charge in [0.05, 0.1) is 41.9 Å². The number of nitrogens with zero attached hydrogens (tertiary/aromatic N) is 3. The van der Waals surface area contributed by atoms with E-state index >= 15 is 0 Å². The van der Waals surface area contributed by atoms with Crippen LogP contribution in [0.15, 0.2) is 6.07 Å². The van der Waals surface area contributed by atoms with Crippen LogP contribution in [0.2, 0.25) is 0 Å². The van der Waals surface area contributed by atoms with E-state index in [4.69, 9.17) is 0 Å². The van der Waals surface area contributed by atoms with Gasteiger partial charge in [0.15, 0.2) is 9.84 Å². The Balaban J connectivity index is 1.52. The molecule has 8 heteroatoms. The van der Waals surface area contributed by atoms with Crippen LogP contribution in [0.25, 0.3) is 0 Å². The van der Waals surface area contributed by atoms with Crippen LogP contribution >= 0.6 is 0 Å². The van der Waals surface area contributed by atoms with Crippen LogP contribution in [0.3, 0.4) is 0 Å². The summed E-state index contributed by atoms with van der Waals surface area (Å²) in [6, 6.07) is 2.05. The fourth-order valence-electron chi connectivity index (χ4n) is 3.36. The molecule has 1 atom stereocenters. The van der Waals surface area contributed by atoms with E-state index in [2.05, 4.69) is 22.2 Å². The monoisotopic (exact) mass is 354 g/mol. The van der Waals surface area contributed by atoms with Gasteiger partial charge in [-0.2, -0.15) is 5.10 Å². The number of hydrogen-bond donors (Lipinski definition) is 1. The summed E-state index contributed by atoms with van der Waals surface area (Å²) in [5, 5.41) is 7.39. The van der Waals surface area contributed by atoms with Gasteiger partial charge in [-0.25, -0.2) is 8.42 Å². The van der Waals surface area contributed by atoms with Crippen LogP contribution in [0.4, 0.5) is 0 Å². The number of carbonyl (C=O) groups excluding carboxylic acids is 1. The molecular weight excluding hydrogens is 328 g/mol. The summed E-state index contributed by atoms with van der Waals surface area (Å²) in [7, 11) is -3.03. The van der Waals surface area contributed by atoms with Crippen molar-refractivity contribution < 1.29 is 13.2 Å². The SMILES string of the molecule is CCCCN1CCn2nc(CNC(=O)[C@H]3CCS(=O)(=O)C3)cc2C1. The highest BCUT2D eigenvalue weighted by Gasteiger charge is 2.32. The van der Waals surface area contributed by atoms with E-state index in [-0.39, 0.29) is 17.4 Å². The highest BCUT2D eigenvalue weighted by atomic mass is 32.2. The molecule has 134 valence electrons. The van der Waals surface area contributed by atoms with Crippen LogP contribution in [-0.2, 0) is 34.3 Å². The van der Waals surface area contributed by atoms with Gasteiger partial charge in [-0.3, -0.25) is 14.4 Å². The van der Waals surface area contributed by atoms with Crippen LogP contribution in [0.5, 0.6) is 0 Å². The van der Waals surface area contributed by atoms with Crippen molar-refractivity contribution in [3.8, 4) is 0 Å². The van der Waals surface area contributed by atoms with Crippen molar-refractivity contribution in [1.82, 2.24) is 20.0 Å².